The van der Waals surface area contributed by atoms with Crippen LogP contribution in [0.5, 0.6) is 0 Å². The highest BCUT2D eigenvalue weighted by Gasteiger charge is 2.33. The van der Waals surface area contributed by atoms with Gasteiger partial charge in [0.05, 0.1) is 50.5 Å². The fourth-order valence-electron chi connectivity index (χ4n) is 5.35. The topological polar surface area (TPSA) is 173 Å². The van der Waals surface area contributed by atoms with Crippen LogP contribution in [0.3, 0.4) is 0 Å². The molecular weight excluding hydrogens is 659 g/mol. The summed E-state index contributed by atoms with van der Waals surface area (Å²) in [4.78, 5) is 35.1. The van der Waals surface area contributed by atoms with Gasteiger partial charge in [0.1, 0.15) is 22.9 Å². The average molecular weight is 695 g/mol. The van der Waals surface area contributed by atoms with Gasteiger partial charge in [0.15, 0.2) is 0 Å². The van der Waals surface area contributed by atoms with Crippen LogP contribution >= 0.6 is 0 Å². The van der Waals surface area contributed by atoms with E-state index in [1.165, 1.54) is 41.7 Å². The largest absolute Gasteiger partial charge is 0.507 e. The Morgan fingerprint density at radius 3 is 2.39 bits per heavy atom. The van der Waals surface area contributed by atoms with Crippen molar-refractivity contribution >= 4 is 50.1 Å². The number of halogens is 1. The molecule has 1 amide bonds. The van der Waals surface area contributed by atoms with Crippen molar-refractivity contribution in [2.75, 3.05) is 44.0 Å². The SMILES string of the molecule is CNC(=O)c1c(-c2ccc(F)cc2)oc2cc(N(CCOCCOCc3cccc(C(O)=CC(=O)C(=O)O)c3)S(C)(=O)=O)c(C3CC3)cc12. The number of rotatable bonds is 16. The Balaban J connectivity index is 1.27. The number of ether oxygens (including phenoxy) is 2. The van der Waals surface area contributed by atoms with Crippen LogP contribution in [0.25, 0.3) is 28.1 Å². The molecule has 0 aliphatic heterocycles. The number of nitrogens with one attached hydrogen (secondary N) is 1. The third-order valence-corrected chi connectivity index (χ3v) is 9.04. The minimum Gasteiger partial charge on any atom is -0.507 e. The third kappa shape index (κ3) is 8.52. The summed E-state index contributed by atoms with van der Waals surface area (Å²) < 4.78 is 58.6. The van der Waals surface area contributed by atoms with Crippen molar-refractivity contribution in [3.05, 3.63) is 94.8 Å². The summed E-state index contributed by atoms with van der Waals surface area (Å²) in [5.74, 6) is -3.89. The molecule has 1 heterocycles. The molecule has 0 unspecified atom stereocenters. The van der Waals surface area contributed by atoms with E-state index < -0.39 is 39.3 Å². The molecule has 14 heteroatoms. The molecule has 49 heavy (non-hydrogen) atoms. The zero-order valence-electron chi connectivity index (χ0n) is 26.8. The maximum absolute atomic E-state index is 13.7. The molecule has 5 rings (SSSR count). The first kappa shape index (κ1) is 35.3. The number of sulfonamides is 1. The second-order valence-electron chi connectivity index (χ2n) is 11.5. The lowest BCUT2D eigenvalue weighted by Crippen LogP contribution is -2.34. The van der Waals surface area contributed by atoms with Crippen LogP contribution in [0.1, 0.15) is 45.8 Å². The van der Waals surface area contributed by atoms with Crippen LogP contribution in [0.15, 0.2) is 71.2 Å². The summed E-state index contributed by atoms with van der Waals surface area (Å²) >= 11 is 0. The maximum Gasteiger partial charge on any atom is 0.376 e. The second-order valence-corrected chi connectivity index (χ2v) is 13.4. The van der Waals surface area contributed by atoms with Crippen LogP contribution in [-0.4, -0.2) is 76.0 Å². The number of fused-ring (bicyclic) bond motifs is 1. The predicted octanol–water partition coefficient (Wildman–Crippen LogP) is 5.03. The number of anilines is 1. The van der Waals surface area contributed by atoms with Crippen LogP contribution in [0.4, 0.5) is 10.1 Å². The molecule has 1 aliphatic rings. The van der Waals surface area contributed by atoms with Crippen molar-refractivity contribution < 1.29 is 51.3 Å². The highest BCUT2D eigenvalue weighted by Crippen LogP contribution is 2.48. The van der Waals surface area contributed by atoms with E-state index in [-0.39, 0.29) is 55.8 Å². The first-order valence-electron chi connectivity index (χ1n) is 15.4. The Hall–Kier alpha value is -5.05. The van der Waals surface area contributed by atoms with Crippen molar-refractivity contribution in [1.82, 2.24) is 5.32 Å². The van der Waals surface area contributed by atoms with Gasteiger partial charge >= 0.3 is 5.97 Å². The monoisotopic (exact) mass is 694 g/mol. The zero-order chi connectivity index (χ0) is 35.3. The molecule has 4 aromatic rings. The molecule has 1 fully saturated rings. The molecule has 12 nitrogen and oxygen atoms in total. The van der Waals surface area contributed by atoms with Crippen molar-refractivity contribution in [2.24, 2.45) is 0 Å². The lowest BCUT2D eigenvalue weighted by molar-refractivity contribution is -0.146. The number of furan rings is 1. The number of amides is 1. The van der Waals surface area contributed by atoms with E-state index in [0.29, 0.717) is 33.9 Å². The quantitative estimate of drug-likeness (QED) is 0.0625. The Labute approximate surface area is 281 Å². The van der Waals surface area contributed by atoms with Gasteiger partial charge in [-0.25, -0.2) is 17.6 Å². The number of carbonyl (C=O) groups is 3. The van der Waals surface area contributed by atoms with Gasteiger partial charge in [-0.05, 0) is 66.3 Å². The Morgan fingerprint density at radius 1 is 1.02 bits per heavy atom. The highest BCUT2D eigenvalue weighted by molar-refractivity contribution is 7.92. The number of aliphatic carboxylic acids is 1. The molecule has 258 valence electrons. The van der Waals surface area contributed by atoms with E-state index in [0.717, 1.165) is 24.7 Å². The van der Waals surface area contributed by atoms with E-state index in [4.69, 9.17) is 19.0 Å². The number of carboxylic acid groups (broad SMARTS) is 1. The highest BCUT2D eigenvalue weighted by atomic mass is 32.2. The second kappa shape index (κ2) is 15.0. The normalized spacial score (nSPS) is 13.4. The van der Waals surface area contributed by atoms with Crippen molar-refractivity contribution in [1.29, 1.82) is 0 Å². The molecule has 0 saturated heterocycles. The van der Waals surface area contributed by atoms with Crippen molar-refractivity contribution in [3.63, 3.8) is 0 Å². The number of hydrogen-bond acceptors (Lipinski definition) is 9. The summed E-state index contributed by atoms with van der Waals surface area (Å²) in [6.07, 6.45) is 3.46. The predicted molar refractivity (Wildman–Crippen MR) is 179 cm³/mol. The van der Waals surface area contributed by atoms with E-state index in [1.54, 1.807) is 24.3 Å². The first-order chi connectivity index (χ1) is 23.4. The summed E-state index contributed by atoms with van der Waals surface area (Å²) in [5.41, 5.74) is 3.20. The number of nitrogens with zero attached hydrogens (tertiary/aromatic N) is 1. The van der Waals surface area contributed by atoms with Crippen molar-refractivity contribution in [3.8, 4) is 11.3 Å². The molecule has 3 aromatic carbocycles. The van der Waals surface area contributed by atoms with Crippen molar-refractivity contribution in [2.45, 2.75) is 25.4 Å². The fraction of sp³-hybridized carbons (Fsp3) is 0.286. The number of carbonyl (C=O) groups excluding carboxylic acids is 2. The van der Waals surface area contributed by atoms with Gasteiger partial charge in [-0.1, -0.05) is 18.2 Å². The summed E-state index contributed by atoms with van der Waals surface area (Å²) in [5, 5.41) is 21.9. The maximum atomic E-state index is 13.7. The van der Waals surface area contributed by atoms with E-state index >= 15 is 0 Å². The number of aliphatic hydroxyl groups is 1. The van der Waals surface area contributed by atoms with Crippen LogP contribution in [0, 0.1) is 5.82 Å². The number of benzene rings is 3. The van der Waals surface area contributed by atoms with Gasteiger partial charge < -0.3 is 29.4 Å². The molecule has 0 bridgehead atoms. The molecular formula is C35H35FN2O10S. The first-order valence-corrected chi connectivity index (χ1v) is 17.2. The summed E-state index contributed by atoms with van der Waals surface area (Å²) in [6, 6.07) is 15.4. The molecule has 1 aromatic heterocycles. The Kier molecular flexibility index (Phi) is 10.8. The van der Waals surface area contributed by atoms with E-state index in [9.17, 15) is 32.3 Å². The van der Waals surface area contributed by atoms with Gasteiger partial charge in [-0.2, -0.15) is 0 Å². The average Bonchev–Trinajstić information content (AvgIpc) is 3.85. The number of aliphatic hydroxyl groups excluding tert-OH is 1. The Bertz CT molecular complexity index is 2020. The minimum absolute atomic E-state index is 0.000606. The number of hydrogen-bond donors (Lipinski definition) is 3. The third-order valence-electron chi connectivity index (χ3n) is 7.86. The van der Waals surface area contributed by atoms with Crippen LogP contribution in [0.2, 0.25) is 0 Å². The van der Waals surface area contributed by atoms with Crippen LogP contribution < -0.4 is 9.62 Å². The van der Waals surface area contributed by atoms with Gasteiger partial charge in [-0.15, -0.1) is 0 Å². The summed E-state index contributed by atoms with van der Waals surface area (Å²) in [6.45, 7) is 0.507. The Morgan fingerprint density at radius 2 is 1.73 bits per heavy atom. The van der Waals surface area contributed by atoms with Gasteiger partial charge in [0, 0.05) is 35.7 Å². The zero-order valence-corrected chi connectivity index (χ0v) is 27.6. The number of ketones is 1. The molecule has 0 atom stereocenters. The number of carboxylic acids is 1. The standard InChI is InChI=1S/C35H35FN2O10S/c1-37-34(41)32-27-17-26(22-6-7-22)28(18-31(27)48-33(32)23-8-10-25(36)11-9-23)38(49(2,44)45)12-13-46-14-15-47-20-21-4-3-5-24(16-21)29(39)19-30(40)35(42)43/h3-5,8-11,16-19,22,39H,6-7,12-15,20H2,1-2H3,(H,37,41)(H,42,43). The van der Waals surface area contributed by atoms with Gasteiger partial charge in [0.25, 0.3) is 11.7 Å². The lowest BCUT2D eigenvalue weighted by atomic mass is 10.0. The molecule has 1 aliphatic carbocycles. The molecule has 1 saturated carbocycles. The fourth-order valence-corrected chi connectivity index (χ4v) is 6.27. The van der Waals surface area contributed by atoms with Gasteiger partial charge in [0.2, 0.25) is 10.0 Å². The molecule has 0 spiro atoms. The minimum atomic E-state index is -3.77. The lowest BCUT2D eigenvalue weighted by Gasteiger charge is -2.25. The van der Waals surface area contributed by atoms with E-state index in [1.807, 2.05) is 6.07 Å². The van der Waals surface area contributed by atoms with E-state index in [2.05, 4.69) is 5.32 Å². The molecule has 0 radical (unpaired) electrons. The van der Waals surface area contributed by atoms with Gasteiger partial charge in [-0.3, -0.25) is 13.9 Å². The summed E-state index contributed by atoms with van der Waals surface area (Å²) in [7, 11) is -2.27. The molecule has 3 N–H and O–H groups in total. The smallest absolute Gasteiger partial charge is 0.376 e. The van der Waals surface area contributed by atoms with Crippen LogP contribution in [-0.2, 0) is 35.7 Å².